The monoisotopic (exact) mass is 351 g/mol. The molecule has 136 valence electrons. The third kappa shape index (κ3) is 4.85. The van der Waals surface area contributed by atoms with E-state index in [4.69, 9.17) is 0 Å². The predicted octanol–water partition coefficient (Wildman–Crippen LogP) is 2.75. The van der Waals surface area contributed by atoms with Crippen LogP contribution in [0.5, 0.6) is 0 Å². The average molecular weight is 351 g/mol. The Hall–Kier alpha value is -2.82. The average Bonchev–Trinajstić information content (AvgIpc) is 3.45. The minimum atomic E-state index is -0.439. The fourth-order valence-electron chi connectivity index (χ4n) is 2.68. The van der Waals surface area contributed by atoms with E-state index in [1.165, 1.54) is 0 Å². The first-order valence-corrected chi connectivity index (χ1v) is 8.94. The van der Waals surface area contributed by atoms with E-state index in [1.54, 1.807) is 19.0 Å². The first kappa shape index (κ1) is 18.0. The summed E-state index contributed by atoms with van der Waals surface area (Å²) in [6.07, 6.45) is 2.49. The standard InChI is InChI=1S/C21H25N3O2/c1-24(2)19(25)14-15-8-10-17(11-9-15)22-20(16-6-4-3-5-7-16)21(26)23-18-12-13-18/h3-11,18,20,22H,12-14H2,1-2H3,(H,23,26). The third-order valence-corrected chi connectivity index (χ3v) is 4.44. The van der Waals surface area contributed by atoms with Gasteiger partial charge in [0.1, 0.15) is 6.04 Å². The largest absolute Gasteiger partial charge is 0.370 e. The SMILES string of the molecule is CN(C)C(=O)Cc1ccc(NC(C(=O)NC2CC2)c2ccccc2)cc1. The van der Waals surface area contributed by atoms with E-state index >= 15 is 0 Å². The maximum absolute atomic E-state index is 12.7. The summed E-state index contributed by atoms with van der Waals surface area (Å²) in [6.45, 7) is 0. The van der Waals surface area contributed by atoms with Gasteiger partial charge in [-0.15, -0.1) is 0 Å². The van der Waals surface area contributed by atoms with Crippen molar-refractivity contribution in [3.63, 3.8) is 0 Å². The smallest absolute Gasteiger partial charge is 0.247 e. The van der Waals surface area contributed by atoms with Crippen molar-refractivity contribution in [1.82, 2.24) is 10.2 Å². The van der Waals surface area contributed by atoms with Gasteiger partial charge < -0.3 is 15.5 Å². The number of benzene rings is 2. The highest BCUT2D eigenvalue weighted by Gasteiger charge is 2.28. The molecule has 5 nitrogen and oxygen atoms in total. The minimum Gasteiger partial charge on any atom is -0.370 e. The van der Waals surface area contributed by atoms with E-state index < -0.39 is 6.04 Å². The van der Waals surface area contributed by atoms with E-state index in [2.05, 4.69) is 10.6 Å². The molecule has 1 aliphatic rings. The number of hydrogen-bond acceptors (Lipinski definition) is 3. The highest BCUT2D eigenvalue weighted by atomic mass is 16.2. The van der Waals surface area contributed by atoms with Crippen LogP contribution < -0.4 is 10.6 Å². The Morgan fingerprint density at radius 1 is 1.04 bits per heavy atom. The van der Waals surface area contributed by atoms with Gasteiger partial charge in [-0.3, -0.25) is 9.59 Å². The van der Waals surface area contributed by atoms with Crippen molar-refractivity contribution in [3.8, 4) is 0 Å². The maximum atomic E-state index is 12.7. The van der Waals surface area contributed by atoms with Crippen LogP contribution in [0.3, 0.4) is 0 Å². The van der Waals surface area contributed by atoms with Crippen molar-refractivity contribution >= 4 is 17.5 Å². The number of likely N-dealkylation sites (N-methyl/N-ethyl adjacent to an activating group) is 1. The van der Waals surface area contributed by atoms with Crippen molar-refractivity contribution in [1.29, 1.82) is 0 Å². The molecular formula is C21H25N3O2. The van der Waals surface area contributed by atoms with E-state index in [1.807, 2.05) is 54.6 Å². The summed E-state index contributed by atoms with van der Waals surface area (Å²) < 4.78 is 0. The maximum Gasteiger partial charge on any atom is 0.247 e. The van der Waals surface area contributed by atoms with Crippen molar-refractivity contribution in [2.24, 2.45) is 0 Å². The molecule has 26 heavy (non-hydrogen) atoms. The Balaban J connectivity index is 1.71. The van der Waals surface area contributed by atoms with E-state index in [0.717, 1.165) is 29.7 Å². The van der Waals surface area contributed by atoms with Crippen molar-refractivity contribution in [3.05, 3.63) is 65.7 Å². The third-order valence-electron chi connectivity index (χ3n) is 4.44. The fourth-order valence-corrected chi connectivity index (χ4v) is 2.68. The summed E-state index contributed by atoms with van der Waals surface area (Å²) >= 11 is 0. The highest BCUT2D eigenvalue weighted by molar-refractivity contribution is 5.86. The number of carbonyl (C=O) groups is 2. The fraction of sp³-hybridized carbons (Fsp3) is 0.333. The first-order valence-electron chi connectivity index (χ1n) is 8.94. The summed E-state index contributed by atoms with van der Waals surface area (Å²) in [5.74, 6) is 0.0576. The highest BCUT2D eigenvalue weighted by Crippen LogP contribution is 2.24. The van der Waals surface area contributed by atoms with Gasteiger partial charge in [-0.25, -0.2) is 0 Å². The number of carbonyl (C=O) groups excluding carboxylic acids is 2. The molecule has 0 heterocycles. The van der Waals surface area contributed by atoms with Crippen LogP contribution in [-0.4, -0.2) is 36.9 Å². The molecule has 0 spiro atoms. The second-order valence-corrected chi connectivity index (χ2v) is 6.93. The second-order valence-electron chi connectivity index (χ2n) is 6.93. The molecule has 1 saturated carbocycles. The van der Waals surface area contributed by atoms with Gasteiger partial charge in [0.05, 0.1) is 6.42 Å². The molecule has 2 amide bonds. The van der Waals surface area contributed by atoms with Crippen LogP contribution in [-0.2, 0) is 16.0 Å². The van der Waals surface area contributed by atoms with Crippen LogP contribution in [0.15, 0.2) is 54.6 Å². The molecule has 0 bridgehead atoms. The van der Waals surface area contributed by atoms with Crippen LogP contribution in [0.1, 0.15) is 30.0 Å². The zero-order valence-corrected chi connectivity index (χ0v) is 15.2. The number of nitrogens with zero attached hydrogens (tertiary/aromatic N) is 1. The molecule has 3 rings (SSSR count). The van der Waals surface area contributed by atoms with Gasteiger partial charge in [0, 0.05) is 25.8 Å². The van der Waals surface area contributed by atoms with Gasteiger partial charge in [-0.1, -0.05) is 42.5 Å². The van der Waals surface area contributed by atoms with Crippen LogP contribution in [0.2, 0.25) is 0 Å². The summed E-state index contributed by atoms with van der Waals surface area (Å²) in [4.78, 5) is 26.1. The molecule has 1 unspecified atom stereocenters. The Morgan fingerprint density at radius 2 is 1.69 bits per heavy atom. The van der Waals surface area contributed by atoms with Gasteiger partial charge in [0.2, 0.25) is 11.8 Å². The van der Waals surface area contributed by atoms with Crippen molar-refractivity contribution in [2.45, 2.75) is 31.3 Å². The van der Waals surface area contributed by atoms with Crippen molar-refractivity contribution < 1.29 is 9.59 Å². The lowest BCUT2D eigenvalue weighted by Gasteiger charge is -2.20. The molecule has 0 saturated heterocycles. The number of nitrogens with one attached hydrogen (secondary N) is 2. The molecule has 2 aromatic rings. The normalized spacial score (nSPS) is 14.4. The van der Waals surface area contributed by atoms with Gasteiger partial charge in [-0.05, 0) is 36.1 Å². The lowest BCUT2D eigenvalue weighted by atomic mass is 10.0. The molecule has 2 aromatic carbocycles. The second kappa shape index (κ2) is 8.04. The summed E-state index contributed by atoms with van der Waals surface area (Å²) in [7, 11) is 3.50. The van der Waals surface area contributed by atoms with Crippen molar-refractivity contribution in [2.75, 3.05) is 19.4 Å². The molecular weight excluding hydrogens is 326 g/mol. The van der Waals surface area contributed by atoms with Crippen LogP contribution in [0.25, 0.3) is 0 Å². The Morgan fingerprint density at radius 3 is 2.27 bits per heavy atom. The minimum absolute atomic E-state index is 0.00874. The number of rotatable bonds is 7. The molecule has 5 heteroatoms. The van der Waals surface area contributed by atoms with Gasteiger partial charge in [-0.2, -0.15) is 0 Å². The molecule has 2 N–H and O–H groups in total. The van der Waals surface area contributed by atoms with E-state index in [0.29, 0.717) is 12.5 Å². The summed E-state index contributed by atoms with van der Waals surface area (Å²) in [5.41, 5.74) is 2.73. The molecule has 1 fully saturated rings. The molecule has 0 radical (unpaired) electrons. The quantitative estimate of drug-likeness (QED) is 0.806. The van der Waals surface area contributed by atoms with Gasteiger partial charge >= 0.3 is 0 Å². The predicted molar refractivity (Wildman–Crippen MR) is 103 cm³/mol. The Kier molecular flexibility index (Phi) is 5.56. The zero-order chi connectivity index (χ0) is 18.5. The topological polar surface area (TPSA) is 61.4 Å². The summed E-state index contributed by atoms with van der Waals surface area (Å²) in [5, 5.41) is 6.40. The first-order chi connectivity index (χ1) is 12.5. The molecule has 1 atom stereocenters. The lowest BCUT2D eigenvalue weighted by Crippen LogP contribution is -2.34. The number of amides is 2. The molecule has 0 aromatic heterocycles. The van der Waals surface area contributed by atoms with Crippen LogP contribution >= 0.6 is 0 Å². The van der Waals surface area contributed by atoms with Crippen LogP contribution in [0.4, 0.5) is 5.69 Å². The number of anilines is 1. The zero-order valence-electron chi connectivity index (χ0n) is 15.2. The Labute approximate surface area is 154 Å². The van der Waals surface area contributed by atoms with E-state index in [-0.39, 0.29) is 11.8 Å². The lowest BCUT2D eigenvalue weighted by molar-refractivity contribution is -0.128. The van der Waals surface area contributed by atoms with Crippen LogP contribution in [0, 0.1) is 0 Å². The Bertz CT molecular complexity index is 753. The molecule has 0 aliphatic heterocycles. The van der Waals surface area contributed by atoms with Gasteiger partial charge in [0.25, 0.3) is 0 Å². The number of hydrogen-bond donors (Lipinski definition) is 2. The summed E-state index contributed by atoms with van der Waals surface area (Å²) in [6, 6.07) is 17.3. The van der Waals surface area contributed by atoms with E-state index in [9.17, 15) is 9.59 Å². The van der Waals surface area contributed by atoms with Gasteiger partial charge in [0.15, 0.2) is 0 Å². The molecule has 1 aliphatic carbocycles.